The molecule has 1 saturated carbocycles. The highest BCUT2D eigenvalue weighted by Crippen LogP contribution is 2.24. The molecule has 1 atom stereocenters. The molecule has 8 nitrogen and oxygen atoms in total. The van der Waals surface area contributed by atoms with Gasteiger partial charge in [0.25, 0.3) is 5.91 Å². The first kappa shape index (κ1) is 18.4. The van der Waals surface area contributed by atoms with Gasteiger partial charge in [-0.2, -0.15) is 4.98 Å². The SMILES string of the molecule is CCO[C@H]1CC[C@H](Nc2ncc(C(N)=O)c(NC[C@H](C)O)n2)CC1. The zero-order valence-corrected chi connectivity index (χ0v) is 14.3. The molecule has 134 valence electrons. The van der Waals surface area contributed by atoms with Crippen LogP contribution in [0.3, 0.4) is 0 Å². The smallest absolute Gasteiger partial charge is 0.254 e. The van der Waals surface area contributed by atoms with Crippen LogP contribution in [0.4, 0.5) is 11.8 Å². The first-order valence-electron chi connectivity index (χ1n) is 8.46. The van der Waals surface area contributed by atoms with Crippen molar-refractivity contribution in [3.63, 3.8) is 0 Å². The van der Waals surface area contributed by atoms with E-state index >= 15 is 0 Å². The van der Waals surface area contributed by atoms with Crippen LogP contribution in [0.1, 0.15) is 49.9 Å². The summed E-state index contributed by atoms with van der Waals surface area (Å²) in [6.45, 7) is 4.68. The zero-order valence-electron chi connectivity index (χ0n) is 14.3. The van der Waals surface area contributed by atoms with Crippen molar-refractivity contribution in [2.75, 3.05) is 23.8 Å². The number of amides is 1. The Kier molecular flexibility index (Phi) is 6.74. The summed E-state index contributed by atoms with van der Waals surface area (Å²) >= 11 is 0. The fourth-order valence-corrected chi connectivity index (χ4v) is 2.80. The molecule has 0 aromatic carbocycles. The number of nitrogens with zero attached hydrogens (tertiary/aromatic N) is 2. The van der Waals surface area contributed by atoms with Crippen molar-refractivity contribution in [2.24, 2.45) is 5.73 Å². The molecule has 1 heterocycles. The molecule has 0 unspecified atom stereocenters. The molecule has 1 aromatic rings. The summed E-state index contributed by atoms with van der Waals surface area (Å²) in [7, 11) is 0. The first-order chi connectivity index (χ1) is 11.5. The largest absolute Gasteiger partial charge is 0.392 e. The van der Waals surface area contributed by atoms with Gasteiger partial charge in [-0.25, -0.2) is 4.98 Å². The predicted molar refractivity (Wildman–Crippen MR) is 92.0 cm³/mol. The van der Waals surface area contributed by atoms with Crippen LogP contribution in [0.2, 0.25) is 0 Å². The van der Waals surface area contributed by atoms with E-state index in [9.17, 15) is 9.90 Å². The molecular weight excluding hydrogens is 310 g/mol. The number of hydrogen-bond acceptors (Lipinski definition) is 7. The maximum Gasteiger partial charge on any atom is 0.254 e. The third-order valence-electron chi connectivity index (χ3n) is 4.03. The van der Waals surface area contributed by atoms with Gasteiger partial charge >= 0.3 is 0 Å². The van der Waals surface area contributed by atoms with Gasteiger partial charge in [-0.05, 0) is 39.5 Å². The second kappa shape index (κ2) is 8.79. The normalized spacial score (nSPS) is 22.0. The van der Waals surface area contributed by atoms with Crippen LogP contribution in [0.25, 0.3) is 0 Å². The van der Waals surface area contributed by atoms with Gasteiger partial charge in [-0.15, -0.1) is 0 Å². The minimum atomic E-state index is -0.605. The highest BCUT2D eigenvalue weighted by Gasteiger charge is 2.22. The highest BCUT2D eigenvalue weighted by molar-refractivity contribution is 5.97. The topological polar surface area (TPSA) is 122 Å². The standard InChI is InChI=1S/C16H27N5O3/c1-3-24-12-6-4-11(5-7-12)20-16-19-9-13(14(17)23)15(21-16)18-8-10(2)22/h9-12,22H,3-8H2,1-2H3,(H2,17,23)(H2,18,19,20,21)/t10-,11-,12-/m0/s1. The molecule has 2 rings (SSSR count). The van der Waals surface area contributed by atoms with Crippen LogP contribution in [0.5, 0.6) is 0 Å². The van der Waals surface area contributed by atoms with E-state index < -0.39 is 12.0 Å². The van der Waals surface area contributed by atoms with Crippen molar-refractivity contribution in [2.45, 2.75) is 57.8 Å². The van der Waals surface area contributed by atoms with Crippen molar-refractivity contribution in [3.8, 4) is 0 Å². The molecule has 0 saturated heterocycles. The summed E-state index contributed by atoms with van der Waals surface area (Å²) in [5.41, 5.74) is 5.55. The number of carbonyl (C=O) groups excluding carboxylic acids is 1. The van der Waals surface area contributed by atoms with Crippen LogP contribution in [0.15, 0.2) is 6.20 Å². The maximum absolute atomic E-state index is 11.5. The molecule has 1 aliphatic rings. The lowest BCUT2D eigenvalue weighted by atomic mass is 9.93. The molecule has 0 bridgehead atoms. The van der Waals surface area contributed by atoms with Crippen molar-refractivity contribution >= 4 is 17.7 Å². The zero-order chi connectivity index (χ0) is 17.5. The molecule has 1 fully saturated rings. The number of aliphatic hydroxyl groups is 1. The average molecular weight is 337 g/mol. The number of carbonyl (C=O) groups is 1. The van der Waals surface area contributed by atoms with E-state index in [1.807, 2.05) is 6.92 Å². The third kappa shape index (κ3) is 5.31. The van der Waals surface area contributed by atoms with Crippen LogP contribution in [-0.2, 0) is 4.74 Å². The van der Waals surface area contributed by atoms with Gasteiger partial charge in [0.15, 0.2) is 0 Å². The number of nitrogens with one attached hydrogen (secondary N) is 2. The van der Waals surface area contributed by atoms with E-state index in [1.54, 1.807) is 6.92 Å². The van der Waals surface area contributed by atoms with Crippen molar-refractivity contribution in [1.29, 1.82) is 0 Å². The van der Waals surface area contributed by atoms with Gasteiger partial charge in [0.1, 0.15) is 5.82 Å². The lowest BCUT2D eigenvalue weighted by Crippen LogP contribution is -2.30. The van der Waals surface area contributed by atoms with Gasteiger partial charge in [0.2, 0.25) is 5.95 Å². The molecule has 8 heteroatoms. The fraction of sp³-hybridized carbons (Fsp3) is 0.688. The van der Waals surface area contributed by atoms with Crippen molar-refractivity contribution in [3.05, 3.63) is 11.8 Å². The molecule has 0 aliphatic heterocycles. The second-order valence-corrected chi connectivity index (χ2v) is 6.12. The fourth-order valence-electron chi connectivity index (χ4n) is 2.80. The summed E-state index contributed by atoms with van der Waals surface area (Å²) in [6.07, 6.45) is 5.19. The Hall–Kier alpha value is -1.93. The number of aromatic nitrogens is 2. The van der Waals surface area contributed by atoms with E-state index in [0.29, 0.717) is 17.9 Å². The number of hydrogen-bond donors (Lipinski definition) is 4. The first-order valence-corrected chi connectivity index (χ1v) is 8.46. The van der Waals surface area contributed by atoms with E-state index in [-0.39, 0.29) is 18.2 Å². The predicted octanol–water partition coefficient (Wildman–Crippen LogP) is 1.13. The summed E-state index contributed by atoms with van der Waals surface area (Å²) in [4.78, 5) is 20.0. The Balaban J connectivity index is 2.00. The third-order valence-corrected chi connectivity index (χ3v) is 4.03. The lowest BCUT2D eigenvalue weighted by Gasteiger charge is -2.29. The van der Waals surface area contributed by atoms with E-state index in [2.05, 4.69) is 20.6 Å². The van der Waals surface area contributed by atoms with Gasteiger partial charge in [-0.1, -0.05) is 0 Å². The molecule has 0 spiro atoms. The average Bonchev–Trinajstić information content (AvgIpc) is 2.55. The van der Waals surface area contributed by atoms with Crippen LogP contribution in [-0.4, -0.2) is 52.4 Å². The summed E-state index contributed by atoms with van der Waals surface area (Å²) in [5, 5.41) is 15.6. The van der Waals surface area contributed by atoms with Gasteiger partial charge < -0.3 is 26.2 Å². The van der Waals surface area contributed by atoms with Crippen LogP contribution in [0, 0.1) is 0 Å². The number of primary amides is 1. The van der Waals surface area contributed by atoms with Gasteiger partial charge in [0, 0.05) is 25.4 Å². The van der Waals surface area contributed by atoms with Gasteiger partial charge in [0.05, 0.1) is 17.8 Å². The molecule has 5 N–H and O–H groups in total. The molecule has 24 heavy (non-hydrogen) atoms. The Bertz CT molecular complexity index is 545. The van der Waals surface area contributed by atoms with E-state index in [0.717, 1.165) is 32.3 Å². The maximum atomic E-state index is 11.5. The van der Waals surface area contributed by atoms with Crippen molar-refractivity contribution in [1.82, 2.24) is 9.97 Å². The summed E-state index contributed by atoms with van der Waals surface area (Å²) in [5.74, 6) is 0.184. The summed E-state index contributed by atoms with van der Waals surface area (Å²) in [6, 6.07) is 0.283. The molecular formula is C16H27N5O3. The molecule has 0 radical (unpaired) electrons. The minimum Gasteiger partial charge on any atom is -0.392 e. The van der Waals surface area contributed by atoms with E-state index in [1.165, 1.54) is 6.20 Å². The Labute approximate surface area is 142 Å². The number of rotatable bonds is 8. The molecule has 1 amide bonds. The summed E-state index contributed by atoms with van der Waals surface area (Å²) < 4.78 is 5.65. The monoisotopic (exact) mass is 337 g/mol. The Morgan fingerprint density at radius 2 is 2.17 bits per heavy atom. The van der Waals surface area contributed by atoms with Crippen LogP contribution < -0.4 is 16.4 Å². The second-order valence-electron chi connectivity index (χ2n) is 6.12. The number of ether oxygens (including phenoxy) is 1. The highest BCUT2D eigenvalue weighted by atomic mass is 16.5. The number of nitrogens with two attached hydrogens (primary N) is 1. The van der Waals surface area contributed by atoms with Gasteiger partial charge in [-0.3, -0.25) is 4.79 Å². The quantitative estimate of drug-likeness (QED) is 0.561. The Morgan fingerprint density at radius 3 is 2.75 bits per heavy atom. The minimum absolute atomic E-state index is 0.209. The number of anilines is 2. The van der Waals surface area contributed by atoms with E-state index in [4.69, 9.17) is 10.5 Å². The Morgan fingerprint density at radius 1 is 1.46 bits per heavy atom. The van der Waals surface area contributed by atoms with Crippen LogP contribution >= 0.6 is 0 Å². The van der Waals surface area contributed by atoms with Crippen molar-refractivity contribution < 1.29 is 14.6 Å². The number of aliphatic hydroxyl groups excluding tert-OH is 1. The lowest BCUT2D eigenvalue weighted by molar-refractivity contribution is 0.0346. The molecule has 1 aliphatic carbocycles. The molecule has 1 aromatic heterocycles.